The zero-order valence-corrected chi connectivity index (χ0v) is 19.8. The number of aliphatic hydroxyl groups excluding tert-OH is 2. The Morgan fingerprint density at radius 1 is 0.767 bits per heavy atom. The van der Waals surface area contributed by atoms with Gasteiger partial charge in [0.1, 0.15) is 0 Å². The van der Waals surface area contributed by atoms with Crippen molar-refractivity contribution < 1.29 is 15.0 Å². The number of unbranched alkanes of at least 4 members (excludes halogenated alkanes) is 14. The van der Waals surface area contributed by atoms with Crippen molar-refractivity contribution in [2.24, 2.45) is 0 Å². The van der Waals surface area contributed by atoms with Crippen LogP contribution in [0.2, 0.25) is 0 Å². The maximum atomic E-state index is 11.0. The number of hydrogen-bond donors (Lipinski definition) is 3. The first-order chi connectivity index (χ1) is 14.6. The fourth-order valence-electron chi connectivity index (χ4n) is 3.58. The van der Waals surface area contributed by atoms with Gasteiger partial charge in [0.25, 0.3) is 0 Å². The molecule has 0 aromatic carbocycles. The predicted molar refractivity (Wildman–Crippen MR) is 129 cm³/mol. The Bertz CT molecular complexity index is 434. The molecule has 0 fully saturated rings. The molecule has 0 aromatic heterocycles. The summed E-state index contributed by atoms with van der Waals surface area (Å²) in [5.41, 5.74) is 0. The highest BCUT2D eigenvalue weighted by molar-refractivity contribution is 5.73. The van der Waals surface area contributed by atoms with Crippen LogP contribution in [0.4, 0.5) is 0 Å². The number of hydrogen-bond acceptors (Lipinski definition) is 3. The second kappa shape index (κ2) is 22.6. The fourth-order valence-corrected chi connectivity index (χ4v) is 3.58. The van der Waals surface area contributed by atoms with Crippen LogP contribution < -0.4 is 5.32 Å². The Hall–Kier alpha value is -1.13. The quantitative estimate of drug-likeness (QED) is 0.152. The zero-order valence-electron chi connectivity index (χ0n) is 19.8. The molecule has 30 heavy (non-hydrogen) atoms. The van der Waals surface area contributed by atoms with Crippen molar-refractivity contribution in [1.82, 2.24) is 5.32 Å². The minimum Gasteiger partial charge on any atom is -0.394 e. The first-order valence-electron chi connectivity index (χ1n) is 12.5. The van der Waals surface area contributed by atoms with Gasteiger partial charge in [0, 0.05) is 6.92 Å². The van der Waals surface area contributed by atoms with Gasteiger partial charge in [-0.25, -0.2) is 0 Å². The number of aliphatic hydroxyl groups is 2. The molecule has 0 heterocycles. The molecule has 0 saturated carbocycles. The fraction of sp³-hybridized carbons (Fsp3) is 0.808. The molecule has 0 aromatic rings. The number of amides is 1. The molecular weight excluding hydrogens is 374 g/mol. The smallest absolute Gasteiger partial charge is 0.217 e. The van der Waals surface area contributed by atoms with Crippen molar-refractivity contribution in [1.29, 1.82) is 0 Å². The van der Waals surface area contributed by atoms with Crippen molar-refractivity contribution in [3.8, 4) is 0 Å². The number of carbonyl (C=O) groups excluding carboxylic acids is 1. The van der Waals surface area contributed by atoms with Crippen molar-refractivity contribution in [2.75, 3.05) is 6.61 Å². The van der Waals surface area contributed by atoms with E-state index in [1.54, 1.807) is 6.08 Å². The van der Waals surface area contributed by atoms with E-state index in [9.17, 15) is 15.0 Å². The molecule has 1 amide bonds. The van der Waals surface area contributed by atoms with Crippen LogP contribution in [0.15, 0.2) is 24.3 Å². The summed E-state index contributed by atoms with van der Waals surface area (Å²) in [5.74, 6) is -0.252. The molecule has 4 heteroatoms. The SMILES string of the molecule is CCCCCCCCCCCCCCC/C=C/CC/C=C/C(O)C(CO)NC(C)=O. The summed E-state index contributed by atoms with van der Waals surface area (Å²) < 4.78 is 0. The van der Waals surface area contributed by atoms with E-state index < -0.39 is 12.1 Å². The Balaban J connectivity index is 3.42. The standard InChI is InChI=1S/C26H49NO3/c1-3-4-5-6-7-8-9-10-11-12-13-14-15-16-17-18-19-20-21-22-26(30)25(23-28)27-24(2)29/h17-18,21-22,25-26,28,30H,3-16,19-20,23H2,1-2H3,(H,27,29)/b18-17+,22-21+. The van der Waals surface area contributed by atoms with E-state index in [4.69, 9.17) is 0 Å². The van der Waals surface area contributed by atoms with Crippen molar-refractivity contribution >= 4 is 5.91 Å². The molecule has 0 bridgehead atoms. The molecule has 0 saturated heterocycles. The number of nitrogens with one attached hydrogen (secondary N) is 1. The third-order valence-electron chi connectivity index (χ3n) is 5.47. The van der Waals surface area contributed by atoms with Gasteiger partial charge in [-0.3, -0.25) is 4.79 Å². The van der Waals surface area contributed by atoms with Crippen molar-refractivity contribution in [3.63, 3.8) is 0 Å². The van der Waals surface area contributed by atoms with Crippen LogP contribution in [0.3, 0.4) is 0 Å². The monoisotopic (exact) mass is 423 g/mol. The average molecular weight is 424 g/mol. The Morgan fingerprint density at radius 3 is 1.73 bits per heavy atom. The third kappa shape index (κ3) is 20.2. The molecule has 176 valence electrons. The minimum atomic E-state index is -0.853. The largest absolute Gasteiger partial charge is 0.394 e. The van der Waals surface area contributed by atoms with Crippen LogP contribution >= 0.6 is 0 Å². The van der Waals surface area contributed by atoms with E-state index in [1.165, 1.54) is 90.4 Å². The summed E-state index contributed by atoms with van der Waals surface area (Å²) in [6.07, 6.45) is 28.2. The lowest BCUT2D eigenvalue weighted by molar-refractivity contribution is -0.120. The van der Waals surface area contributed by atoms with Crippen LogP contribution in [0.25, 0.3) is 0 Å². The number of rotatable bonds is 21. The first kappa shape index (κ1) is 28.9. The van der Waals surface area contributed by atoms with Crippen LogP contribution in [-0.4, -0.2) is 34.9 Å². The second-order valence-corrected chi connectivity index (χ2v) is 8.49. The van der Waals surface area contributed by atoms with Gasteiger partial charge in [0.05, 0.1) is 18.8 Å². The molecule has 0 aliphatic heterocycles. The molecule has 3 N–H and O–H groups in total. The lowest BCUT2D eigenvalue weighted by Crippen LogP contribution is -2.44. The molecule has 4 nitrogen and oxygen atoms in total. The Labute approximate surface area is 186 Å². The van der Waals surface area contributed by atoms with Gasteiger partial charge in [-0.2, -0.15) is 0 Å². The summed E-state index contributed by atoms with van der Waals surface area (Å²) >= 11 is 0. The molecular formula is C26H49NO3. The maximum absolute atomic E-state index is 11.0. The van der Waals surface area contributed by atoms with Gasteiger partial charge >= 0.3 is 0 Å². The summed E-state index contributed by atoms with van der Waals surface area (Å²) in [5, 5.41) is 21.6. The molecule has 2 atom stereocenters. The molecule has 0 aliphatic rings. The van der Waals surface area contributed by atoms with Gasteiger partial charge in [-0.05, 0) is 25.7 Å². The van der Waals surface area contributed by atoms with Crippen LogP contribution in [0, 0.1) is 0 Å². The van der Waals surface area contributed by atoms with Gasteiger partial charge in [0.2, 0.25) is 5.91 Å². The molecule has 0 aliphatic carbocycles. The highest BCUT2D eigenvalue weighted by Gasteiger charge is 2.15. The predicted octanol–water partition coefficient (Wildman–Crippen LogP) is 6.22. The zero-order chi connectivity index (χ0) is 22.3. The summed E-state index contributed by atoms with van der Waals surface area (Å²) in [4.78, 5) is 11.0. The minimum absolute atomic E-state index is 0.252. The van der Waals surface area contributed by atoms with Crippen molar-refractivity contribution in [2.45, 2.75) is 129 Å². The van der Waals surface area contributed by atoms with E-state index in [1.807, 2.05) is 6.08 Å². The van der Waals surface area contributed by atoms with E-state index in [0.29, 0.717) is 0 Å². The van der Waals surface area contributed by atoms with Crippen molar-refractivity contribution in [3.05, 3.63) is 24.3 Å². The number of allylic oxidation sites excluding steroid dienone is 3. The topological polar surface area (TPSA) is 69.6 Å². The molecule has 0 radical (unpaired) electrons. The van der Waals surface area contributed by atoms with Crippen LogP contribution in [0.1, 0.15) is 117 Å². The van der Waals surface area contributed by atoms with Gasteiger partial charge in [-0.1, -0.05) is 108 Å². The van der Waals surface area contributed by atoms with E-state index >= 15 is 0 Å². The highest BCUT2D eigenvalue weighted by atomic mass is 16.3. The lowest BCUT2D eigenvalue weighted by atomic mass is 10.0. The summed E-state index contributed by atoms with van der Waals surface area (Å²) in [7, 11) is 0. The first-order valence-corrected chi connectivity index (χ1v) is 12.5. The Kier molecular flexibility index (Phi) is 21.7. The van der Waals surface area contributed by atoms with Gasteiger partial charge in [0.15, 0.2) is 0 Å². The summed E-state index contributed by atoms with van der Waals surface area (Å²) in [6, 6.07) is -0.634. The second-order valence-electron chi connectivity index (χ2n) is 8.49. The Morgan fingerprint density at radius 2 is 1.23 bits per heavy atom. The maximum Gasteiger partial charge on any atom is 0.217 e. The third-order valence-corrected chi connectivity index (χ3v) is 5.47. The van der Waals surface area contributed by atoms with E-state index in [2.05, 4.69) is 24.4 Å². The lowest BCUT2D eigenvalue weighted by Gasteiger charge is -2.18. The molecule has 2 unspecified atom stereocenters. The highest BCUT2D eigenvalue weighted by Crippen LogP contribution is 2.13. The van der Waals surface area contributed by atoms with Gasteiger partial charge < -0.3 is 15.5 Å². The average Bonchev–Trinajstić information content (AvgIpc) is 2.73. The number of carbonyl (C=O) groups is 1. The van der Waals surface area contributed by atoms with E-state index in [0.717, 1.165) is 19.3 Å². The van der Waals surface area contributed by atoms with Crippen LogP contribution in [0.5, 0.6) is 0 Å². The molecule has 0 spiro atoms. The molecule has 0 rings (SSSR count). The van der Waals surface area contributed by atoms with Crippen LogP contribution in [-0.2, 0) is 4.79 Å². The summed E-state index contributed by atoms with van der Waals surface area (Å²) in [6.45, 7) is 3.38. The van der Waals surface area contributed by atoms with E-state index in [-0.39, 0.29) is 12.5 Å². The van der Waals surface area contributed by atoms with Gasteiger partial charge in [-0.15, -0.1) is 0 Å². The normalized spacial score (nSPS) is 13.9.